The number of hydrogen-bond donors (Lipinski definition) is 1. The monoisotopic (exact) mass is 469 g/mol. The molecule has 2 heterocycles. The van der Waals surface area contributed by atoms with Crippen molar-refractivity contribution in [3.05, 3.63) is 44.5 Å². The van der Waals surface area contributed by atoms with Crippen molar-refractivity contribution < 1.29 is 14.3 Å². The Kier molecular flexibility index (Phi) is 7.28. The fourth-order valence-corrected chi connectivity index (χ4v) is 6.37. The molecule has 1 unspecified atom stereocenters. The molecule has 32 heavy (non-hydrogen) atoms. The smallest absolute Gasteiger partial charge is 0.409 e. The molecule has 1 fully saturated rings. The highest BCUT2D eigenvalue weighted by atomic mass is 32.1. The lowest BCUT2D eigenvalue weighted by Gasteiger charge is -2.26. The summed E-state index contributed by atoms with van der Waals surface area (Å²) in [5.74, 6) is -0.0117. The van der Waals surface area contributed by atoms with Gasteiger partial charge in [-0.3, -0.25) is 4.79 Å². The molecule has 0 radical (unpaired) electrons. The summed E-state index contributed by atoms with van der Waals surface area (Å²) in [4.78, 5) is 27.6. The fourth-order valence-electron chi connectivity index (χ4n) is 4.43. The molecular weight excluding hydrogens is 442 g/mol. The van der Waals surface area contributed by atoms with Gasteiger partial charge in [-0.2, -0.15) is 16.6 Å². The Balaban J connectivity index is 1.35. The zero-order chi connectivity index (χ0) is 22.5. The molecule has 6 nitrogen and oxygen atoms in total. The van der Waals surface area contributed by atoms with Gasteiger partial charge in [0.2, 0.25) is 5.91 Å². The summed E-state index contributed by atoms with van der Waals surface area (Å²) in [6.45, 7) is 0.389. The molecule has 2 aromatic rings. The van der Waals surface area contributed by atoms with Crippen LogP contribution in [0.15, 0.2) is 22.9 Å². The minimum Gasteiger partial charge on any atom is -0.449 e. The lowest BCUT2D eigenvalue weighted by atomic mass is 9.88. The summed E-state index contributed by atoms with van der Waals surface area (Å²) < 4.78 is 5.61. The quantitative estimate of drug-likeness (QED) is 0.571. The maximum atomic E-state index is 12.4. The van der Waals surface area contributed by atoms with Crippen molar-refractivity contribution in [1.29, 1.82) is 5.26 Å². The topological polar surface area (TPSA) is 82.4 Å². The van der Waals surface area contributed by atoms with E-state index in [0.29, 0.717) is 23.2 Å². The fraction of sp³-hybridized carbons (Fsp3) is 0.458. The van der Waals surface area contributed by atoms with E-state index in [0.717, 1.165) is 48.1 Å². The molecule has 1 N–H and O–H groups in total. The van der Waals surface area contributed by atoms with E-state index in [9.17, 15) is 14.9 Å². The second-order valence-corrected chi connectivity index (χ2v) is 10.3. The maximum Gasteiger partial charge on any atom is 0.409 e. The maximum absolute atomic E-state index is 12.4. The van der Waals surface area contributed by atoms with Crippen LogP contribution in [0.5, 0.6) is 0 Å². The summed E-state index contributed by atoms with van der Waals surface area (Å²) in [7, 11) is 1.83. The van der Waals surface area contributed by atoms with Crippen molar-refractivity contribution in [1.82, 2.24) is 4.90 Å². The molecule has 2 amide bonds. The summed E-state index contributed by atoms with van der Waals surface area (Å²) in [6.07, 6.45) is 9.87. The van der Waals surface area contributed by atoms with Gasteiger partial charge in [0.15, 0.2) is 0 Å². The molecule has 2 aliphatic rings. The summed E-state index contributed by atoms with van der Waals surface area (Å²) in [5.41, 5.74) is 2.58. The third kappa shape index (κ3) is 5.22. The molecule has 0 aliphatic heterocycles. The number of rotatable bonds is 6. The number of carbonyl (C=O) groups excluding carboxylic acids is 2. The molecule has 8 heteroatoms. The predicted molar refractivity (Wildman–Crippen MR) is 128 cm³/mol. The highest BCUT2D eigenvalue weighted by molar-refractivity contribution is 7.16. The van der Waals surface area contributed by atoms with E-state index in [4.69, 9.17) is 4.74 Å². The number of anilines is 1. The van der Waals surface area contributed by atoms with Gasteiger partial charge >= 0.3 is 6.09 Å². The Bertz CT molecular complexity index is 1030. The van der Waals surface area contributed by atoms with Crippen molar-refractivity contribution in [2.24, 2.45) is 5.92 Å². The zero-order valence-corrected chi connectivity index (χ0v) is 19.8. The summed E-state index contributed by atoms with van der Waals surface area (Å²) in [6, 6.07) is 4.51. The van der Waals surface area contributed by atoms with Crippen LogP contribution in [0.25, 0.3) is 6.08 Å². The molecule has 1 atom stereocenters. The molecule has 4 rings (SSSR count). The highest BCUT2D eigenvalue weighted by Crippen LogP contribution is 2.39. The standard InChI is InChI=1S/C24H27N3O3S2/c1-27(18-4-2-3-5-18)24(29)30-14-17-6-8-19-20(13-25)23(32-21(19)12-17)26-22(28)9-7-16-10-11-31-15-16/h7,9-11,15,17-18H,2-6,8,12,14H2,1H3,(H,26,28)/b9-7+. The SMILES string of the molecule is CN(C(=O)OCC1CCc2c(sc(NC(=O)/C=C/c3ccsc3)c2C#N)C1)C1CCCC1. The van der Waals surface area contributed by atoms with Crippen molar-refractivity contribution in [2.75, 3.05) is 19.0 Å². The predicted octanol–water partition coefficient (Wildman–Crippen LogP) is 5.45. The van der Waals surface area contributed by atoms with E-state index in [-0.39, 0.29) is 17.9 Å². The number of nitrogens with one attached hydrogen (secondary N) is 1. The third-order valence-electron chi connectivity index (χ3n) is 6.29. The molecule has 0 saturated heterocycles. The van der Waals surface area contributed by atoms with E-state index in [2.05, 4.69) is 11.4 Å². The van der Waals surface area contributed by atoms with Gasteiger partial charge in [0.25, 0.3) is 0 Å². The molecule has 2 aliphatic carbocycles. The summed E-state index contributed by atoms with van der Waals surface area (Å²) >= 11 is 3.04. The summed E-state index contributed by atoms with van der Waals surface area (Å²) in [5, 5.41) is 17.1. The first-order valence-electron chi connectivity index (χ1n) is 11.0. The zero-order valence-electron chi connectivity index (χ0n) is 18.1. The molecule has 1 saturated carbocycles. The Hall–Kier alpha value is -2.63. The Morgan fingerprint density at radius 3 is 2.88 bits per heavy atom. The van der Waals surface area contributed by atoms with Crippen LogP contribution in [0.3, 0.4) is 0 Å². The second kappa shape index (κ2) is 10.3. The van der Waals surface area contributed by atoms with Gasteiger partial charge in [-0.25, -0.2) is 4.79 Å². The van der Waals surface area contributed by atoms with Gasteiger partial charge in [-0.1, -0.05) is 12.8 Å². The highest BCUT2D eigenvalue weighted by Gasteiger charge is 2.29. The molecule has 0 spiro atoms. The first kappa shape index (κ1) is 22.6. The first-order valence-corrected chi connectivity index (χ1v) is 12.8. The van der Waals surface area contributed by atoms with Crippen LogP contribution < -0.4 is 5.32 Å². The average molecular weight is 470 g/mol. The van der Waals surface area contributed by atoms with Crippen molar-refractivity contribution in [3.63, 3.8) is 0 Å². The lowest BCUT2D eigenvalue weighted by Crippen LogP contribution is -2.36. The molecular formula is C24H27N3O3S2. The van der Waals surface area contributed by atoms with Crippen LogP contribution in [0, 0.1) is 17.2 Å². The van der Waals surface area contributed by atoms with Crippen LogP contribution >= 0.6 is 22.7 Å². The number of nitrogens with zero attached hydrogens (tertiary/aromatic N) is 2. The van der Waals surface area contributed by atoms with E-state index in [1.807, 2.05) is 23.9 Å². The number of carbonyl (C=O) groups is 2. The molecule has 0 aromatic carbocycles. The lowest BCUT2D eigenvalue weighted by molar-refractivity contribution is -0.111. The second-order valence-electron chi connectivity index (χ2n) is 8.43. The van der Waals surface area contributed by atoms with Gasteiger partial charge in [-0.15, -0.1) is 11.3 Å². The number of fused-ring (bicyclic) bond motifs is 1. The Morgan fingerprint density at radius 2 is 2.16 bits per heavy atom. The van der Waals surface area contributed by atoms with Crippen LogP contribution in [0.2, 0.25) is 0 Å². The van der Waals surface area contributed by atoms with E-state index in [1.165, 1.54) is 30.3 Å². The molecule has 168 valence electrons. The van der Waals surface area contributed by atoms with E-state index < -0.39 is 0 Å². The van der Waals surface area contributed by atoms with Crippen LogP contribution in [0.1, 0.15) is 53.7 Å². The van der Waals surface area contributed by atoms with Gasteiger partial charge in [0.05, 0.1) is 12.2 Å². The first-order chi connectivity index (χ1) is 15.5. The third-order valence-corrected chi connectivity index (χ3v) is 8.16. The normalized spacial score (nSPS) is 18.3. The number of thiophene rings is 2. The number of nitriles is 1. The van der Waals surface area contributed by atoms with Crippen LogP contribution in [0.4, 0.5) is 9.80 Å². The van der Waals surface area contributed by atoms with Crippen LogP contribution in [-0.2, 0) is 22.4 Å². The van der Waals surface area contributed by atoms with Gasteiger partial charge < -0.3 is 15.0 Å². The van der Waals surface area contributed by atoms with Crippen molar-refractivity contribution >= 4 is 45.8 Å². The Morgan fingerprint density at radius 1 is 1.34 bits per heavy atom. The van der Waals surface area contributed by atoms with Crippen LogP contribution in [-0.4, -0.2) is 36.6 Å². The molecule has 0 bridgehead atoms. The van der Waals surface area contributed by atoms with Crippen molar-refractivity contribution in [2.45, 2.75) is 51.0 Å². The van der Waals surface area contributed by atoms with Crippen molar-refractivity contribution in [3.8, 4) is 6.07 Å². The Labute approximate surface area is 196 Å². The van der Waals surface area contributed by atoms with Gasteiger partial charge in [0.1, 0.15) is 11.1 Å². The number of amides is 2. The molecule has 2 aromatic heterocycles. The van der Waals surface area contributed by atoms with Gasteiger partial charge in [-0.05, 0) is 72.1 Å². The van der Waals surface area contributed by atoms with E-state index >= 15 is 0 Å². The average Bonchev–Trinajstić information content (AvgIpc) is 3.56. The number of hydrogen-bond acceptors (Lipinski definition) is 6. The van der Waals surface area contributed by atoms with E-state index in [1.54, 1.807) is 22.3 Å². The largest absolute Gasteiger partial charge is 0.449 e. The van der Waals surface area contributed by atoms with Gasteiger partial charge in [0, 0.05) is 24.0 Å². The number of ether oxygens (including phenoxy) is 1. The minimum absolute atomic E-state index is 0.232. The minimum atomic E-state index is -0.244.